The second-order valence-corrected chi connectivity index (χ2v) is 10.7. The van der Waals surface area contributed by atoms with E-state index in [-0.39, 0.29) is 0 Å². The molecule has 0 aliphatic carbocycles. The Morgan fingerprint density at radius 3 is 1.55 bits per heavy atom. The Labute approximate surface area is 257 Å². The molecule has 7 rings (SSSR count). The number of halogens is 1. The van der Waals surface area contributed by atoms with Crippen LogP contribution in [0.2, 0.25) is 0 Å². The summed E-state index contributed by atoms with van der Waals surface area (Å²) in [5, 5.41) is 2.32. The first kappa shape index (κ1) is 27.2. The van der Waals surface area contributed by atoms with Crippen molar-refractivity contribution in [2.24, 2.45) is 0 Å². The van der Waals surface area contributed by atoms with Crippen LogP contribution >= 0.6 is 0 Å². The minimum Gasteiger partial charge on any atom is -0.310 e. The molecule has 0 saturated heterocycles. The highest BCUT2D eigenvalue weighted by Crippen LogP contribution is 2.43. The Hall–Kier alpha value is -5.67. The van der Waals surface area contributed by atoms with Crippen LogP contribution in [-0.4, -0.2) is 0 Å². The molecular formula is C41H31FN2. The normalized spacial score (nSPS) is 10.9. The summed E-state index contributed by atoms with van der Waals surface area (Å²) in [6.07, 6.45) is 0. The number of hydrogen-bond donors (Lipinski definition) is 0. The Morgan fingerprint density at radius 2 is 0.864 bits per heavy atom. The molecule has 2 nitrogen and oxygen atoms in total. The minimum absolute atomic E-state index is 0.483. The van der Waals surface area contributed by atoms with Crippen molar-refractivity contribution in [1.82, 2.24) is 0 Å². The number of para-hydroxylation sites is 2. The molecule has 0 spiro atoms. The van der Waals surface area contributed by atoms with E-state index in [0.717, 1.165) is 45.1 Å². The van der Waals surface area contributed by atoms with Gasteiger partial charge in [0.2, 0.25) is 0 Å². The molecule has 0 aromatic heterocycles. The second kappa shape index (κ2) is 12.3. The highest BCUT2D eigenvalue weighted by molar-refractivity contribution is 5.99. The number of alkyl halides is 1. The molecule has 0 heterocycles. The van der Waals surface area contributed by atoms with Crippen LogP contribution < -0.4 is 9.80 Å². The molecule has 0 radical (unpaired) electrons. The van der Waals surface area contributed by atoms with Crippen molar-refractivity contribution in [1.29, 1.82) is 0 Å². The van der Waals surface area contributed by atoms with Gasteiger partial charge in [-0.1, -0.05) is 115 Å². The Bertz CT molecular complexity index is 1980. The third-order valence-corrected chi connectivity index (χ3v) is 7.97. The molecule has 0 aliphatic heterocycles. The van der Waals surface area contributed by atoms with Gasteiger partial charge in [-0.15, -0.1) is 0 Å². The van der Waals surface area contributed by atoms with Gasteiger partial charge in [0.25, 0.3) is 0 Å². The van der Waals surface area contributed by atoms with Crippen molar-refractivity contribution in [3.63, 3.8) is 0 Å². The van der Waals surface area contributed by atoms with E-state index in [1.54, 1.807) is 0 Å². The Balaban J connectivity index is 1.37. The van der Waals surface area contributed by atoms with Crippen LogP contribution in [0, 0.1) is 0 Å². The highest BCUT2D eigenvalue weighted by Gasteiger charge is 2.19. The highest BCUT2D eigenvalue weighted by atomic mass is 19.1. The van der Waals surface area contributed by atoms with Gasteiger partial charge in [-0.3, -0.25) is 0 Å². The molecule has 0 fully saturated rings. The van der Waals surface area contributed by atoms with Crippen molar-refractivity contribution >= 4 is 44.9 Å². The van der Waals surface area contributed by atoms with Crippen LogP contribution in [0.1, 0.15) is 5.56 Å². The summed E-state index contributed by atoms with van der Waals surface area (Å²) < 4.78 is 13.4. The van der Waals surface area contributed by atoms with Crippen molar-refractivity contribution in [3.05, 3.63) is 181 Å². The van der Waals surface area contributed by atoms with Gasteiger partial charge >= 0.3 is 0 Å². The first-order valence-corrected chi connectivity index (χ1v) is 14.8. The predicted molar refractivity (Wildman–Crippen MR) is 184 cm³/mol. The number of fused-ring (bicyclic) bond motifs is 1. The van der Waals surface area contributed by atoms with Crippen LogP contribution in [0.4, 0.5) is 38.5 Å². The lowest BCUT2D eigenvalue weighted by atomic mass is 10.0. The summed E-state index contributed by atoms with van der Waals surface area (Å²) in [6, 6.07) is 60.7. The van der Waals surface area contributed by atoms with Crippen molar-refractivity contribution in [2.45, 2.75) is 6.67 Å². The number of nitrogens with zero attached hydrogens (tertiary/aromatic N) is 2. The third-order valence-electron chi connectivity index (χ3n) is 7.97. The molecule has 0 unspecified atom stereocenters. The molecule has 0 bridgehead atoms. The molecule has 7 aromatic carbocycles. The second-order valence-electron chi connectivity index (χ2n) is 10.7. The smallest absolute Gasteiger partial charge is 0.115 e. The predicted octanol–water partition coefficient (Wildman–Crippen LogP) is 11.9. The van der Waals surface area contributed by atoms with E-state index in [1.807, 2.05) is 36.4 Å². The summed E-state index contributed by atoms with van der Waals surface area (Å²) in [5.41, 5.74) is 9.28. The first-order chi connectivity index (χ1) is 21.8. The van der Waals surface area contributed by atoms with Gasteiger partial charge in [-0.2, -0.15) is 0 Å². The topological polar surface area (TPSA) is 6.48 Å². The molecule has 0 atom stereocenters. The quantitative estimate of drug-likeness (QED) is 0.179. The van der Waals surface area contributed by atoms with E-state index >= 15 is 0 Å². The Morgan fingerprint density at radius 1 is 0.386 bits per heavy atom. The van der Waals surface area contributed by atoms with Gasteiger partial charge in [-0.25, -0.2) is 4.39 Å². The largest absolute Gasteiger partial charge is 0.310 e. The third kappa shape index (κ3) is 5.32. The summed E-state index contributed by atoms with van der Waals surface area (Å²) in [5.74, 6) is 0. The molecule has 212 valence electrons. The fourth-order valence-corrected chi connectivity index (χ4v) is 5.85. The number of hydrogen-bond acceptors (Lipinski definition) is 2. The average Bonchev–Trinajstić information content (AvgIpc) is 3.11. The van der Waals surface area contributed by atoms with Gasteiger partial charge in [0.1, 0.15) is 6.67 Å². The van der Waals surface area contributed by atoms with Gasteiger partial charge < -0.3 is 9.80 Å². The molecule has 7 aromatic rings. The van der Waals surface area contributed by atoms with E-state index in [1.165, 1.54) is 10.9 Å². The van der Waals surface area contributed by atoms with Crippen LogP contribution in [0.3, 0.4) is 0 Å². The van der Waals surface area contributed by atoms with Crippen LogP contribution in [0.5, 0.6) is 0 Å². The molecule has 44 heavy (non-hydrogen) atoms. The molecule has 0 N–H and O–H groups in total. The molecule has 3 heteroatoms. The molecule has 0 saturated carbocycles. The zero-order chi connectivity index (χ0) is 29.7. The molecule has 0 aliphatic rings. The monoisotopic (exact) mass is 570 g/mol. The molecule has 0 amide bonds. The number of rotatable bonds is 8. The van der Waals surface area contributed by atoms with Crippen LogP contribution in [0.25, 0.3) is 21.9 Å². The van der Waals surface area contributed by atoms with E-state index in [0.29, 0.717) is 5.56 Å². The summed E-state index contributed by atoms with van der Waals surface area (Å²) >= 11 is 0. The number of anilines is 6. The van der Waals surface area contributed by atoms with Gasteiger partial charge in [0.15, 0.2) is 0 Å². The maximum atomic E-state index is 13.4. The Kier molecular flexibility index (Phi) is 7.59. The fraction of sp³-hybridized carbons (Fsp3) is 0.0244. The zero-order valence-electron chi connectivity index (χ0n) is 24.2. The molecular weight excluding hydrogens is 539 g/mol. The van der Waals surface area contributed by atoms with Crippen molar-refractivity contribution in [2.75, 3.05) is 9.80 Å². The first-order valence-electron chi connectivity index (χ1n) is 14.8. The van der Waals surface area contributed by atoms with E-state index in [4.69, 9.17) is 0 Å². The summed E-state index contributed by atoms with van der Waals surface area (Å²) in [4.78, 5) is 4.56. The zero-order valence-corrected chi connectivity index (χ0v) is 24.2. The maximum absolute atomic E-state index is 13.4. The van der Waals surface area contributed by atoms with Gasteiger partial charge in [-0.05, 0) is 77.2 Å². The van der Waals surface area contributed by atoms with E-state index < -0.39 is 6.67 Å². The van der Waals surface area contributed by atoms with Crippen LogP contribution in [0.15, 0.2) is 176 Å². The SMILES string of the molecule is FCc1ccc(N(c2ccc(N(c3ccccc3)c3ccccc3-c3ccccc3)cc2)c2cccc3ccccc23)cc1. The van der Waals surface area contributed by atoms with Gasteiger partial charge in [0, 0.05) is 33.7 Å². The van der Waals surface area contributed by atoms with E-state index in [2.05, 4.69) is 149 Å². The average molecular weight is 571 g/mol. The lowest BCUT2D eigenvalue weighted by Gasteiger charge is -2.30. The summed E-state index contributed by atoms with van der Waals surface area (Å²) in [6.45, 7) is -0.483. The maximum Gasteiger partial charge on any atom is 0.115 e. The van der Waals surface area contributed by atoms with Crippen molar-refractivity contribution in [3.8, 4) is 11.1 Å². The minimum atomic E-state index is -0.483. The lowest BCUT2D eigenvalue weighted by molar-refractivity contribution is 0.485. The fourth-order valence-electron chi connectivity index (χ4n) is 5.85. The lowest BCUT2D eigenvalue weighted by Crippen LogP contribution is -2.13. The van der Waals surface area contributed by atoms with Crippen molar-refractivity contribution < 1.29 is 4.39 Å². The van der Waals surface area contributed by atoms with E-state index in [9.17, 15) is 4.39 Å². The summed E-state index contributed by atoms with van der Waals surface area (Å²) in [7, 11) is 0. The van der Waals surface area contributed by atoms with Crippen LogP contribution in [-0.2, 0) is 6.67 Å². The number of benzene rings is 7. The van der Waals surface area contributed by atoms with Gasteiger partial charge in [0.05, 0.1) is 11.4 Å². The standard InChI is InChI=1S/C41H31FN2/c42-30-31-22-24-35(25-23-31)44(41-21-11-15-33-14-7-8-18-39(33)41)37-28-26-36(27-29-37)43(34-16-5-2-6-17-34)40-20-10-9-19-38(40)32-12-3-1-4-13-32/h1-29H,30H2.